The lowest BCUT2D eigenvalue weighted by atomic mass is 10.1. The van der Waals surface area contributed by atoms with E-state index in [1.54, 1.807) is 6.07 Å². The number of benzene rings is 1. The molecule has 2 aromatic rings. The zero-order chi connectivity index (χ0) is 14.4. The number of hydrogen-bond acceptors (Lipinski definition) is 1. The minimum Gasteiger partial charge on any atom is -0.330 e. The summed E-state index contributed by atoms with van der Waals surface area (Å²) in [6, 6.07) is 9.74. The second kappa shape index (κ2) is 7.44. The molecule has 0 atom stereocenters. The maximum absolute atomic E-state index is 5.99. The van der Waals surface area contributed by atoms with Crippen molar-refractivity contribution in [2.75, 3.05) is 6.54 Å². The highest BCUT2D eigenvalue weighted by Gasteiger charge is 1.99. The van der Waals surface area contributed by atoms with Crippen molar-refractivity contribution >= 4 is 35.4 Å². The van der Waals surface area contributed by atoms with Crippen LogP contribution in [0.4, 0.5) is 0 Å². The minimum atomic E-state index is 0.571. The molecule has 0 aliphatic carbocycles. The van der Waals surface area contributed by atoms with Crippen molar-refractivity contribution in [1.29, 1.82) is 0 Å². The first-order chi connectivity index (χ1) is 9.69. The first kappa shape index (κ1) is 15.0. The molecule has 0 saturated heterocycles. The Morgan fingerprint density at radius 1 is 0.950 bits per heavy atom. The van der Waals surface area contributed by atoms with Crippen LogP contribution in [-0.4, -0.2) is 6.54 Å². The monoisotopic (exact) mass is 307 g/mol. The molecular weight excluding hydrogens is 291 g/mol. The molecule has 0 spiro atoms. The van der Waals surface area contributed by atoms with Gasteiger partial charge in [0.1, 0.15) is 6.54 Å². The smallest absolute Gasteiger partial charge is 0.169 e. The average Bonchev–Trinajstić information content (AvgIpc) is 2.47. The van der Waals surface area contributed by atoms with Gasteiger partial charge in [0, 0.05) is 18.6 Å². The molecular formula is C16H17Cl2N2+. The van der Waals surface area contributed by atoms with Gasteiger partial charge in [-0.15, -0.1) is 0 Å². The molecule has 0 unspecified atom stereocenters. The summed E-state index contributed by atoms with van der Waals surface area (Å²) in [5.74, 6) is 0. The lowest BCUT2D eigenvalue weighted by molar-refractivity contribution is -0.697. The van der Waals surface area contributed by atoms with Gasteiger partial charge in [-0.05, 0) is 29.8 Å². The van der Waals surface area contributed by atoms with E-state index in [9.17, 15) is 0 Å². The SMILES string of the molecule is NCCC[n+]1ccc(/C=C/c2ccc(Cl)c(Cl)c2)cc1. The summed E-state index contributed by atoms with van der Waals surface area (Å²) in [4.78, 5) is 0. The Kier molecular flexibility index (Phi) is 5.60. The number of rotatable bonds is 5. The maximum Gasteiger partial charge on any atom is 0.169 e. The highest BCUT2D eigenvalue weighted by molar-refractivity contribution is 6.42. The first-order valence-electron chi connectivity index (χ1n) is 6.51. The molecule has 2 N–H and O–H groups in total. The van der Waals surface area contributed by atoms with E-state index in [-0.39, 0.29) is 0 Å². The quantitative estimate of drug-likeness (QED) is 0.837. The third-order valence-electron chi connectivity index (χ3n) is 2.95. The molecule has 1 heterocycles. The van der Waals surface area contributed by atoms with Crippen molar-refractivity contribution in [1.82, 2.24) is 0 Å². The standard InChI is InChI=1S/C16H17Cl2N2/c17-15-5-4-14(12-16(15)18)3-2-13-6-10-20(11-7-13)9-1-8-19/h2-7,10-12H,1,8-9,19H2/q+1/b3-2+. The van der Waals surface area contributed by atoms with E-state index in [1.807, 2.05) is 24.3 Å². The van der Waals surface area contributed by atoms with E-state index in [0.717, 1.165) is 24.1 Å². The molecule has 0 radical (unpaired) electrons. The Labute approximate surface area is 129 Å². The summed E-state index contributed by atoms with van der Waals surface area (Å²) in [6.45, 7) is 1.67. The van der Waals surface area contributed by atoms with Crippen molar-refractivity contribution < 1.29 is 4.57 Å². The van der Waals surface area contributed by atoms with Gasteiger partial charge in [-0.2, -0.15) is 0 Å². The van der Waals surface area contributed by atoms with E-state index >= 15 is 0 Å². The predicted octanol–water partition coefficient (Wildman–Crippen LogP) is 3.80. The van der Waals surface area contributed by atoms with Crippen molar-refractivity contribution in [3.63, 3.8) is 0 Å². The molecule has 0 aliphatic heterocycles. The second-order valence-corrected chi connectivity index (χ2v) is 5.33. The number of nitrogens with zero attached hydrogens (tertiary/aromatic N) is 1. The molecule has 0 bridgehead atoms. The van der Waals surface area contributed by atoms with E-state index in [0.29, 0.717) is 16.6 Å². The van der Waals surface area contributed by atoms with Crippen LogP contribution in [0, 0.1) is 0 Å². The maximum atomic E-state index is 5.99. The van der Waals surface area contributed by atoms with Crippen LogP contribution in [0.25, 0.3) is 12.2 Å². The molecule has 0 saturated carbocycles. The first-order valence-corrected chi connectivity index (χ1v) is 7.27. The van der Waals surface area contributed by atoms with Crippen LogP contribution < -0.4 is 10.3 Å². The Hall–Kier alpha value is -1.35. The van der Waals surface area contributed by atoms with Gasteiger partial charge in [-0.3, -0.25) is 0 Å². The van der Waals surface area contributed by atoms with Gasteiger partial charge < -0.3 is 5.73 Å². The zero-order valence-corrected chi connectivity index (χ0v) is 12.6. The Morgan fingerprint density at radius 3 is 2.30 bits per heavy atom. The molecule has 1 aromatic heterocycles. The van der Waals surface area contributed by atoms with E-state index in [4.69, 9.17) is 28.9 Å². The van der Waals surface area contributed by atoms with Crippen LogP contribution in [0.15, 0.2) is 42.7 Å². The van der Waals surface area contributed by atoms with Crippen LogP contribution in [0.2, 0.25) is 10.0 Å². The van der Waals surface area contributed by atoms with Crippen molar-refractivity contribution in [2.45, 2.75) is 13.0 Å². The van der Waals surface area contributed by atoms with Gasteiger partial charge in [0.15, 0.2) is 12.4 Å². The molecule has 0 amide bonds. The molecule has 2 rings (SSSR count). The summed E-state index contributed by atoms with van der Waals surface area (Å²) >= 11 is 11.9. The van der Waals surface area contributed by atoms with Crippen molar-refractivity contribution in [3.8, 4) is 0 Å². The molecule has 20 heavy (non-hydrogen) atoms. The number of aromatic nitrogens is 1. The molecule has 4 heteroatoms. The van der Waals surface area contributed by atoms with Crippen LogP contribution in [-0.2, 0) is 6.54 Å². The number of pyridine rings is 1. The molecule has 0 aliphatic rings. The third-order valence-corrected chi connectivity index (χ3v) is 3.69. The van der Waals surface area contributed by atoms with Crippen LogP contribution in [0.5, 0.6) is 0 Å². The van der Waals surface area contributed by atoms with Gasteiger partial charge in [0.25, 0.3) is 0 Å². The highest BCUT2D eigenvalue weighted by atomic mass is 35.5. The fourth-order valence-corrected chi connectivity index (χ4v) is 2.12. The van der Waals surface area contributed by atoms with Crippen LogP contribution in [0.1, 0.15) is 17.5 Å². The van der Waals surface area contributed by atoms with Gasteiger partial charge >= 0.3 is 0 Å². The topological polar surface area (TPSA) is 29.9 Å². The van der Waals surface area contributed by atoms with Gasteiger partial charge in [0.05, 0.1) is 10.0 Å². The number of nitrogens with two attached hydrogens (primary N) is 1. The molecule has 2 nitrogen and oxygen atoms in total. The summed E-state index contributed by atoms with van der Waals surface area (Å²) in [5.41, 5.74) is 7.66. The second-order valence-electron chi connectivity index (χ2n) is 4.52. The molecule has 1 aromatic carbocycles. The Balaban J connectivity index is 2.05. The highest BCUT2D eigenvalue weighted by Crippen LogP contribution is 2.23. The normalized spacial score (nSPS) is 11.2. The Bertz CT molecular complexity index is 592. The fourth-order valence-electron chi connectivity index (χ4n) is 1.81. The summed E-state index contributed by atoms with van der Waals surface area (Å²) in [5, 5.41) is 1.14. The predicted molar refractivity (Wildman–Crippen MR) is 85.7 cm³/mol. The van der Waals surface area contributed by atoms with Crippen molar-refractivity contribution in [3.05, 3.63) is 63.9 Å². The van der Waals surface area contributed by atoms with Crippen molar-refractivity contribution in [2.24, 2.45) is 5.73 Å². The fraction of sp³-hybridized carbons (Fsp3) is 0.188. The van der Waals surface area contributed by atoms with Crippen LogP contribution in [0.3, 0.4) is 0 Å². The van der Waals surface area contributed by atoms with Crippen LogP contribution >= 0.6 is 23.2 Å². The lowest BCUT2D eigenvalue weighted by Crippen LogP contribution is -2.33. The average molecular weight is 308 g/mol. The Morgan fingerprint density at radius 2 is 1.65 bits per heavy atom. The van der Waals surface area contributed by atoms with Gasteiger partial charge in [-0.25, -0.2) is 4.57 Å². The van der Waals surface area contributed by atoms with Gasteiger partial charge in [0.2, 0.25) is 0 Å². The van der Waals surface area contributed by atoms with E-state index in [1.165, 1.54) is 0 Å². The summed E-state index contributed by atoms with van der Waals surface area (Å²) in [7, 11) is 0. The number of aryl methyl sites for hydroxylation is 1. The number of halogens is 2. The van der Waals surface area contributed by atoms with Gasteiger partial charge in [-0.1, -0.05) is 41.4 Å². The molecule has 0 fully saturated rings. The lowest BCUT2D eigenvalue weighted by Gasteiger charge is -1.98. The largest absolute Gasteiger partial charge is 0.330 e. The third kappa shape index (κ3) is 4.34. The molecule has 104 valence electrons. The summed E-state index contributed by atoms with van der Waals surface area (Å²) < 4.78 is 2.13. The number of hydrogen-bond donors (Lipinski definition) is 1. The minimum absolute atomic E-state index is 0.571. The zero-order valence-electron chi connectivity index (χ0n) is 11.1. The van der Waals surface area contributed by atoms with E-state index in [2.05, 4.69) is 29.1 Å². The van der Waals surface area contributed by atoms with E-state index < -0.39 is 0 Å². The summed E-state index contributed by atoms with van der Waals surface area (Å²) in [6.07, 6.45) is 9.17.